The number of rotatable bonds is 7. The predicted octanol–water partition coefficient (Wildman–Crippen LogP) is 6.91. The number of aliphatic imine (C=N–C) groups is 1. The summed E-state index contributed by atoms with van der Waals surface area (Å²) in [6.45, 7) is 10.9. The predicted molar refractivity (Wildman–Crippen MR) is 146 cm³/mol. The number of ketones is 1. The zero-order valence-corrected chi connectivity index (χ0v) is 21.5. The van der Waals surface area contributed by atoms with Crippen LogP contribution in [0.2, 0.25) is 0 Å². The fourth-order valence-corrected chi connectivity index (χ4v) is 3.50. The average molecular weight is 491 g/mol. The van der Waals surface area contributed by atoms with Crippen molar-refractivity contribution in [2.75, 3.05) is 7.11 Å². The van der Waals surface area contributed by atoms with Crippen LogP contribution in [-0.2, 0) is 11.2 Å². The Kier molecular flexibility index (Phi) is 10.3. The highest BCUT2D eigenvalue weighted by Gasteiger charge is 2.13. The summed E-state index contributed by atoms with van der Waals surface area (Å²) in [5.74, 6) is -0.840. The molecule has 1 amide bonds. The molecule has 0 saturated heterocycles. The number of halogens is 1. The summed E-state index contributed by atoms with van der Waals surface area (Å²) in [7, 11) is 1.63. The van der Waals surface area contributed by atoms with Gasteiger partial charge in [0.15, 0.2) is 5.78 Å². The Balaban J connectivity index is 0.000000876. The minimum absolute atomic E-state index is 0. The summed E-state index contributed by atoms with van der Waals surface area (Å²) < 4.78 is 18.7. The Morgan fingerprint density at radius 1 is 1.03 bits per heavy atom. The van der Waals surface area contributed by atoms with Gasteiger partial charge in [-0.1, -0.05) is 56.8 Å². The molecular formula is C30H35FN2O3. The average Bonchev–Trinajstić information content (AvgIpc) is 2.88. The van der Waals surface area contributed by atoms with E-state index in [0.29, 0.717) is 5.56 Å². The highest BCUT2D eigenvalue weighted by Crippen LogP contribution is 2.28. The molecule has 0 aliphatic rings. The lowest BCUT2D eigenvalue weighted by Gasteiger charge is -2.12. The molecule has 0 spiro atoms. The molecule has 0 bridgehead atoms. The van der Waals surface area contributed by atoms with Gasteiger partial charge in [0.25, 0.3) is 5.91 Å². The van der Waals surface area contributed by atoms with Crippen molar-refractivity contribution in [1.29, 1.82) is 0 Å². The van der Waals surface area contributed by atoms with Crippen LogP contribution in [0.1, 0.15) is 66.0 Å². The topological polar surface area (TPSA) is 81.8 Å². The maximum atomic E-state index is 14.0. The number of amides is 1. The van der Waals surface area contributed by atoms with Crippen molar-refractivity contribution in [2.45, 2.75) is 40.5 Å². The van der Waals surface area contributed by atoms with E-state index >= 15 is 0 Å². The first-order valence-electron chi connectivity index (χ1n) is 11.7. The lowest BCUT2D eigenvalue weighted by atomic mass is 9.93. The van der Waals surface area contributed by atoms with Crippen molar-refractivity contribution >= 4 is 17.5 Å². The highest BCUT2D eigenvalue weighted by molar-refractivity contribution is 6.09. The summed E-state index contributed by atoms with van der Waals surface area (Å²) in [6.07, 6.45) is 1.66. The number of allylic oxidation sites excluding steroid dienone is 1. The number of carbonyl (C=O) groups excluding carboxylic acids is 2. The molecule has 0 fully saturated rings. The Hall–Kier alpha value is -4.06. The van der Waals surface area contributed by atoms with Gasteiger partial charge in [0.1, 0.15) is 11.7 Å². The van der Waals surface area contributed by atoms with Gasteiger partial charge < -0.3 is 10.5 Å². The van der Waals surface area contributed by atoms with Gasteiger partial charge in [0.05, 0.1) is 18.4 Å². The Morgan fingerprint density at radius 3 is 2.22 bits per heavy atom. The lowest BCUT2D eigenvalue weighted by Crippen LogP contribution is -2.17. The smallest absolute Gasteiger partial charge is 0.278 e. The van der Waals surface area contributed by atoms with Gasteiger partial charge in [-0.05, 0) is 66.8 Å². The molecule has 190 valence electrons. The summed E-state index contributed by atoms with van der Waals surface area (Å²) in [6, 6.07) is 17.5. The lowest BCUT2D eigenvalue weighted by molar-refractivity contribution is 0.0996. The van der Waals surface area contributed by atoms with Crippen LogP contribution < -0.4 is 5.73 Å². The second-order valence-corrected chi connectivity index (χ2v) is 8.19. The summed E-state index contributed by atoms with van der Waals surface area (Å²) >= 11 is 0. The number of amidine groups is 1. The van der Waals surface area contributed by atoms with Crippen molar-refractivity contribution in [3.8, 4) is 11.1 Å². The van der Waals surface area contributed by atoms with Crippen LogP contribution >= 0.6 is 0 Å². The van der Waals surface area contributed by atoms with Gasteiger partial charge in [-0.3, -0.25) is 9.59 Å². The molecule has 0 atom stereocenters. The third kappa shape index (κ3) is 7.22. The SMILES string of the molecule is C=C(CC)OC.CCc1cc(C(=O)N=C(N)c2ccc(C(C)=O)c(F)c2)ccc1-c1ccccc1C.[HH]. The van der Waals surface area contributed by atoms with Gasteiger partial charge in [-0.2, -0.15) is 4.99 Å². The quantitative estimate of drug-likeness (QED) is 0.169. The largest absolute Gasteiger partial charge is 0.502 e. The van der Waals surface area contributed by atoms with E-state index in [-0.39, 0.29) is 24.2 Å². The van der Waals surface area contributed by atoms with Gasteiger partial charge in [0, 0.05) is 19.0 Å². The van der Waals surface area contributed by atoms with Crippen molar-refractivity contribution in [1.82, 2.24) is 0 Å². The Labute approximate surface area is 214 Å². The molecule has 0 unspecified atom stereocenters. The number of aryl methyl sites for hydroxylation is 2. The molecule has 5 nitrogen and oxygen atoms in total. The standard InChI is InChI=1S/C25H23FN2O2.C5H10O.H2/c1-4-17-13-19(10-12-22(17)20-8-6-5-7-15(20)2)25(30)28-24(27)18-9-11-21(16(3)29)23(26)14-18;1-4-5(2)6-3;/h5-14H,4H2,1-3H3,(H2,27,28,30);2,4H2,1,3H3;1H. The number of nitrogens with two attached hydrogens (primary N) is 1. The van der Waals surface area contributed by atoms with E-state index in [1.807, 2.05) is 38.1 Å². The molecule has 3 aromatic carbocycles. The van der Waals surface area contributed by atoms with Gasteiger partial charge in [0.2, 0.25) is 0 Å². The monoisotopic (exact) mass is 490 g/mol. The molecule has 36 heavy (non-hydrogen) atoms. The van der Waals surface area contributed by atoms with Crippen LogP contribution in [0.4, 0.5) is 4.39 Å². The fraction of sp³-hybridized carbons (Fsp3) is 0.233. The molecule has 0 radical (unpaired) electrons. The number of methoxy groups -OCH3 is 1. The number of carbonyl (C=O) groups is 2. The van der Waals surface area contributed by atoms with Crippen LogP contribution in [-0.4, -0.2) is 24.6 Å². The first-order chi connectivity index (χ1) is 17.1. The van der Waals surface area contributed by atoms with E-state index in [9.17, 15) is 14.0 Å². The van der Waals surface area contributed by atoms with E-state index in [0.717, 1.165) is 46.9 Å². The van der Waals surface area contributed by atoms with Crippen molar-refractivity contribution in [3.05, 3.63) is 107 Å². The van der Waals surface area contributed by atoms with E-state index in [1.165, 1.54) is 19.1 Å². The van der Waals surface area contributed by atoms with E-state index in [4.69, 9.17) is 10.5 Å². The van der Waals surface area contributed by atoms with Crippen LogP contribution in [0.15, 0.2) is 78.0 Å². The van der Waals surface area contributed by atoms with Crippen LogP contribution in [0.3, 0.4) is 0 Å². The molecule has 3 aromatic rings. The molecule has 0 heterocycles. The zero-order chi connectivity index (χ0) is 26.8. The maximum absolute atomic E-state index is 14.0. The number of hydrogen-bond acceptors (Lipinski definition) is 3. The van der Waals surface area contributed by atoms with Crippen LogP contribution in [0.25, 0.3) is 11.1 Å². The first-order valence-corrected chi connectivity index (χ1v) is 11.7. The van der Waals surface area contributed by atoms with Gasteiger partial charge in [-0.15, -0.1) is 0 Å². The highest BCUT2D eigenvalue weighted by atomic mass is 19.1. The summed E-state index contributed by atoms with van der Waals surface area (Å²) in [4.78, 5) is 28.0. The third-order valence-electron chi connectivity index (χ3n) is 5.72. The molecule has 0 aromatic heterocycles. The molecule has 6 heteroatoms. The van der Waals surface area contributed by atoms with Crippen molar-refractivity contribution in [3.63, 3.8) is 0 Å². The van der Waals surface area contributed by atoms with Crippen molar-refractivity contribution < 1.29 is 20.1 Å². The minimum atomic E-state index is -0.693. The van der Waals surface area contributed by atoms with Gasteiger partial charge >= 0.3 is 0 Å². The Morgan fingerprint density at radius 2 is 1.69 bits per heavy atom. The fourth-order valence-electron chi connectivity index (χ4n) is 3.50. The van der Waals surface area contributed by atoms with Crippen LogP contribution in [0.5, 0.6) is 0 Å². The molecule has 0 aliphatic carbocycles. The second-order valence-electron chi connectivity index (χ2n) is 8.19. The summed E-state index contributed by atoms with van der Waals surface area (Å²) in [5, 5.41) is 0. The molecule has 0 saturated carbocycles. The molecular weight excluding hydrogens is 455 g/mol. The van der Waals surface area contributed by atoms with E-state index in [1.54, 1.807) is 13.2 Å². The van der Waals surface area contributed by atoms with Crippen LogP contribution in [0, 0.1) is 12.7 Å². The number of Topliss-reactive ketones (excluding diaryl/α,β-unsaturated/α-hetero) is 1. The number of benzene rings is 3. The zero-order valence-electron chi connectivity index (χ0n) is 21.5. The van der Waals surface area contributed by atoms with Gasteiger partial charge in [-0.25, -0.2) is 4.39 Å². The molecule has 0 aliphatic heterocycles. The molecule has 2 N–H and O–H groups in total. The van der Waals surface area contributed by atoms with Crippen molar-refractivity contribution in [2.24, 2.45) is 10.7 Å². The number of nitrogens with zero attached hydrogens (tertiary/aromatic N) is 1. The van der Waals surface area contributed by atoms with E-state index < -0.39 is 11.7 Å². The number of ether oxygens (including phenoxy) is 1. The number of hydrogen-bond donors (Lipinski definition) is 1. The second kappa shape index (κ2) is 13.1. The van der Waals surface area contributed by atoms with E-state index in [2.05, 4.69) is 30.6 Å². The molecule has 3 rings (SSSR count). The Bertz CT molecular complexity index is 1300. The maximum Gasteiger partial charge on any atom is 0.278 e. The normalized spacial score (nSPS) is 10.8. The minimum Gasteiger partial charge on any atom is -0.502 e. The summed E-state index contributed by atoms with van der Waals surface area (Å²) in [5.41, 5.74) is 10.9. The third-order valence-corrected chi connectivity index (χ3v) is 5.72. The first kappa shape index (κ1) is 28.2.